The van der Waals surface area contributed by atoms with Crippen molar-refractivity contribution >= 4 is 23.7 Å². The molecular weight excluding hydrogens is 362 g/mol. The van der Waals surface area contributed by atoms with Gasteiger partial charge in [0.05, 0.1) is 18.2 Å². The topological polar surface area (TPSA) is 53.0 Å². The molecule has 2 heterocycles. The summed E-state index contributed by atoms with van der Waals surface area (Å²) in [5, 5.41) is 0. The lowest BCUT2D eigenvalue weighted by Gasteiger charge is -2.31. The maximum atomic E-state index is 13.3. The number of likely N-dealkylation sites (tertiary alicyclic amines) is 1. The van der Waals surface area contributed by atoms with E-state index in [0.29, 0.717) is 23.8 Å². The Bertz CT molecular complexity index is 935. The van der Waals surface area contributed by atoms with Gasteiger partial charge < -0.3 is 0 Å². The van der Waals surface area contributed by atoms with Crippen LogP contribution in [-0.4, -0.2) is 48.6 Å². The molecule has 1 fully saturated rings. The van der Waals surface area contributed by atoms with Crippen molar-refractivity contribution in [3.05, 3.63) is 65.2 Å². The molecule has 2 aromatic carbocycles. The van der Waals surface area contributed by atoms with Gasteiger partial charge in [0, 0.05) is 17.8 Å². The van der Waals surface area contributed by atoms with Gasteiger partial charge in [-0.15, -0.1) is 0 Å². The van der Waals surface area contributed by atoms with Crippen molar-refractivity contribution in [2.45, 2.75) is 38.6 Å². The van der Waals surface area contributed by atoms with Crippen molar-refractivity contribution < 1.29 is 9.59 Å². The number of aliphatic imine (C=N–C) groups is 1. The number of hydrogen-bond donors (Lipinski definition) is 0. The van der Waals surface area contributed by atoms with Crippen molar-refractivity contribution in [1.29, 1.82) is 0 Å². The summed E-state index contributed by atoms with van der Waals surface area (Å²) in [7, 11) is 0. The third kappa shape index (κ3) is 3.75. The largest absolute Gasteiger partial charge is 0.299 e. The quantitative estimate of drug-likeness (QED) is 0.577. The predicted octanol–water partition coefficient (Wildman–Crippen LogP) is 3.82. The number of hydrogen-bond acceptors (Lipinski definition) is 4. The van der Waals surface area contributed by atoms with Crippen LogP contribution in [0.4, 0.5) is 5.69 Å². The van der Waals surface area contributed by atoms with E-state index in [2.05, 4.69) is 16.8 Å². The van der Waals surface area contributed by atoms with E-state index in [1.54, 1.807) is 12.3 Å². The Balaban J connectivity index is 1.64. The standard InChI is InChI=1S/C24H27N3O2/c1-3-26-14-6-7-19(26)15-25-16-22-20-8-4-5-9-21(20)23(28)27(24(22)29)18-12-10-17(2)11-13-18/h4-5,8-13,16,19,22H,3,6-7,14-15H2,1-2H3/t19-,22?/m0/s1. The predicted molar refractivity (Wildman–Crippen MR) is 116 cm³/mol. The number of likely N-dealkylation sites (N-methyl/N-ethyl adjacent to an activating group) is 1. The van der Waals surface area contributed by atoms with E-state index in [1.807, 2.05) is 49.4 Å². The highest BCUT2D eigenvalue weighted by Gasteiger charge is 2.38. The zero-order valence-electron chi connectivity index (χ0n) is 17.0. The number of amides is 2. The fourth-order valence-corrected chi connectivity index (χ4v) is 4.34. The lowest BCUT2D eigenvalue weighted by atomic mass is 9.89. The minimum absolute atomic E-state index is 0.236. The first-order valence-corrected chi connectivity index (χ1v) is 10.4. The van der Waals surface area contributed by atoms with Crippen LogP contribution in [0.3, 0.4) is 0 Å². The third-order valence-corrected chi connectivity index (χ3v) is 5.98. The number of nitrogens with zero attached hydrogens (tertiary/aromatic N) is 3. The Morgan fingerprint density at radius 3 is 2.62 bits per heavy atom. The molecule has 5 nitrogen and oxygen atoms in total. The molecule has 2 atom stereocenters. The molecule has 5 heteroatoms. The highest BCUT2D eigenvalue weighted by atomic mass is 16.2. The second kappa shape index (κ2) is 8.29. The van der Waals surface area contributed by atoms with Crippen molar-refractivity contribution in [1.82, 2.24) is 4.90 Å². The number of benzene rings is 2. The molecule has 0 spiro atoms. The number of carbonyl (C=O) groups is 2. The van der Waals surface area contributed by atoms with Crippen LogP contribution < -0.4 is 4.90 Å². The van der Waals surface area contributed by atoms with Crippen LogP contribution in [0.5, 0.6) is 0 Å². The third-order valence-electron chi connectivity index (χ3n) is 5.98. The lowest BCUT2D eigenvalue weighted by Crippen LogP contribution is -2.45. The van der Waals surface area contributed by atoms with E-state index in [0.717, 1.165) is 30.6 Å². The SMILES string of the molecule is CCN1CCC[C@H]1CN=CC1C(=O)N(c2ccc(C)cc2)C(=O)c2ccccc21. The van der Waals surface area contributed by atoms with E-state index in [1.165, 1.54) is 11.3 Å². The molecule has 1 unspecified atom stereocenters. The number of anilines is 1. The summed E-state index contributed by atoms with van der Waals surface area (Å²) in [4.78, 5) is 34.8. The van der Waals surface area contributed by atoms with Gasteiger partial charge in [0.2, 0.25) is 5.91 Å². The van der Waals surface area contributed by atoms with Crippen LogP contribution in [0.15, 0.2) is 53.5 Å². The molecule has 0 radical (unpaired) electrons. The van der Waals surface area contributed by atoms with Crippen LogP contribution in [0.2, 0.25) is 0 Å². The number of fused-ring (bicyclic) bond motifs is 1. The molecule has 2 aromatic rings. The minimum Gasteiger partial charge on any atom is -0.299 e. The molecule has 150 valence electrons. The van der Waals surface area contributed by atoms with E-state index in [4.69, 9.17) is 0 Å². The van der Waals surface area contributed by atoms with Gasteiger partial charge in [0.1, 0.15) is 0 Å². The maximum Gasteiger partial charge on any atom is 0.265 e. The Hall–Kier alpha value is -2.79. The second-order valence-corrected chi connectivity index (χ2v) is 7.82. The summed E-state index contributed by atoms with van der Waals surface area (Å²) in [6.45, 7) is 7.00. The fraction of sp³-hybridized carbons (Fsp3) is 0.375. The van der Waals surface area contributed by atoms with E-state index >= 15 is 0 Å². The van der Waals surface area contributed by atoms with Crippen molar-refractivity contribution in [2.24, 2.45) is 4.99 Å². The Labute approximate surface area is 172 Å². The number of imide groups is 1. The van der Waals surface area contributed by atoms with Crippen LogP contribution >= 0.6 is 0 Å². The Morgan fingerprint density at radius 2 is 1.86 bits per heavy atom. The highest BCUT2D eigenvalue weighted by molar-refractivity contribution is 6.29. The van der Waals surface area contributed by atoms with Crippen LogP contribution in [-0.2, 0) is 4.79 Å². The van der Waals surface area contributed by atoms with Crippen LogP contribution in [0, 0.1) is 6.92 Å². The van der Waals surface area contributed by atoms with Crippen molar-refractivity contribution in [3.63, 3.8) is 0 Å². The summed E-state index contributed by atoms with van der Waals surface area (Å²) >= 11 is 0. The average Bonchev–Trinajstić information content (AvgIpc) is 3.19. The van der Waals surface area contributed by atoms with E-state index in [9.17, 15) is 9.59 Å². The normalized spacial score (nSPS) is 22.5. The Kier molecular flexibility index (Phi) is 5.58. The molecule has 1 saturated heterocycles. The lowest BCUT2D eigenvalue weighted by molar-refractivity contribution is -0.118. The van der Waals surface area contributed by atoms with Gasteiger partial charge in [-0.1, -0.05) is 42.8 Å². The minimum atomic E-state index is -0.540. The first-order valence-electron chi connectivity index (χ1n) is 10.4. The van der Waals surface area contributed by atoms with Gasteiger partial charge in [0.25, 0.3) is 5.91 Å². The van der Waals surface area contributed by atoms with Crippen LogP contribution in [0.25, 0.3) is 0 Å². The first kappa shape index (κ1) is 19.5. The zero-order chi connectivity index (χ0) is 20.4. The van der Waals surface area contributed by atoms with Crippen molar-refractivity contribution in [2.75, 3.05) is 24.5 Å². The molecule has 29 heavy (non-hydrogen) atoms. The van der Waals surface area contributed by atoms with Crippen LogP contribution in [0.1, 0.15) is 47.2 Å². The summed E-state index contributed by atoms with van der Waals surface area (Å²) < 4.78 is 0. The fourth-order valence-electron chi connectivity index (χ4n) is 4.34. The summed E-state index contributed by atoms with van der Waals surface area (Å²) in [6.07, 6.45) is 4.10. The molecule has 4 rings (SSSR count). The number of carbonyl (C=O) groups excluding carboxylic acids is 2. The highest BCUT2D eigenvalue weighted by Crippen LogP contribution is 2.32. The second-order valence-electron chi connectivity index (χ2n) is 7.82. The smallest absolute Gasteiger partial charge is 0.265 e. The molecule has 0 N–H and O–H groups in total. The molecular formula is C24H27N3O2. The molecule has 0 bridgehead atoms. The van der Waals surface area contributed by atoms with E-state index in [-0.39, 0.29) is 11.8 Å². The number of aryl methyl sites for hydroxylation is 1. The molecule has 0 aromatic heterocycles. The average molecular weight is 389 g/mol. The summed E-state index contributed by atoms with van der Waals surface area (Å²) in [5.74, 6) is -1.05. The van der Waals surface area contributed by atoms with Gasteiger partial charge >= 0.3 is 0 Å². The molecule has 0 aliphatic carbocycles. The van der Waals surface area contributed by atoms with Gasteiger partial charge in [-0.3, -0.25) is 19.5 Å². The summed E-state index contributed by atoms with van der Waals surface area (Å²) in [6, 6.07) is 15.3. The van der Waals surface area contributed by atoms with E-state index < -0.39 is 5.92 Å². The van der Waals surface area contributed by atoms with Gasteiger partial charge in [-0.05, 0) is 56.6 Å². The molecule has 2 aliphatic heterocycles. The molecule has 2 amide bonds. The van der Waals surface area contributed by atoms with Gasteiger partial charge in [-0.2, -0.15) is 0 Å². The van der Waals surface area contributed by atoms with Gasteiger partial charge in [-0.25, -0.2) is 4.90 Å². The molecule has 2 aliphatic rings. The van der Waals surface area contributed by atoms with Gasteiger partial charge in [0.15, 0.2) is 0 Å². The molecule has 0 saturated carbocycles. The van der Waals surface area contributed by atoms with Crippen molar-refractivity contribution in [3.8, 4) is 0 Å². The monoisotopic (exact) mass is 389 g/mol. The maximum absolute atomic E-state index is 13.3. The Morgan fingerprint density at radius 1 is 1.10 bits per heavy atom. The zero-order valence-corrected chi connectivity index (χ0v) is 17.0. The summed E-state index contributed by atoms with van der Waals surface area (Å²) in [5.41, 5.74) is 3.00. The number of rotatable bonds is 5. The first-order chi connectivity index (χ1) is 14.1.